The first-order chi connectivity index (χ1) is 14.3. The fourth-order valence-electron chi connectivity index (χ4n) is 3.11. The molecule has 29 heavy (non-hydrogen) atoms. The lowest BCUT2D eigenvalue weighted by molar-refractivity contribution is 1.10. The van der Waals surface area contributed by atoms with Crippen molar-refractivity contribution in [3.63, 3.8) is 0 Å². The molecular formula is C22H16N6S. The Morgan fingerprint density at radius 2 is 1.59 bits per heavy atom. The van der Waals surface area contributed by atoms with Gasteiger partial charge in [0.15, 0.2) is 5.82 Å². The molecule has 5 aromatic rings. The zero-order chi connectivity index (χ0) is 19.6. The van der Waals surface area contributed by atoms with E-state index in [0.29, 0.717) is 5.82 Å². The van der Waals surface area contributed by atoms with E-state index in [-0.39, 0.29) is 0 Å². The molecule has 0 aliphatic heterocycles. The fraction of sp³-hybridized carbons (Fsp3) is 0.0455. The first-order valence-corrected chi connectivity index (χ1v) is 9.93. The lowest BCUT2D eigenvalue weighted by Gasteiger charge is -2.09. The number of nitrogens with one attached hydrogen (secondary N) is 1. The Bertz CT molecular complexity index is 1280. The first kappa shape index (κ1) is 17.4. The zero-order valence-electron chi connectivity index (χ0n) is 15.6. The second kappa shape index (κ2) is 7.37. The van der Waals surface area contributed by atoms with Gasteiger partial charge in [0.1, 0.15) is 15.8 Å². The van der Waals surface area contributed by atoms with Crippen LogP contribution in [-0.4, -0.2) is 32.2 Å². The summed E-state index contributed by atoms with van der Waals surface area (Å²) in [5.74, 6) is 1.41. The van der Waals surface area contributed by atoms with E-state index in [4.69, 9.17) is 4.98 Å². The lowest BCUT2D eigenvalue weighted by Crippen LogP contribution is -1.99. The Kier molecular flexibility index (Phi) is 4.42. The standard InChI is InChI=1S/C22H16N6S/c1-23-20-17-12-15(22-28-27-21(29-22)14-6-3-2-4-7-14)9-10-18(17)25-19(26-20)16-8-5-11-24-13-16/h2-13H,1H3,(H,23,25,26). The van der Waals surface area contributed by atoms with Gasteiger partial charge in [0.2, 0.25) is 0 Å². The maximum absolute atomic E-state index is 4.72. The highest BCUT2D eigenvalue weighted by atomic mass is 32.1. The molecular weight excluding hydrogens is 380 g/mol. The number of nitrogens with zero attached hydrogens (tertiary/aromatic N) is 5. The minimum Gasteiger partial charge on any atom is -0.373 e. The molecule has 0 bridgehead atoms. The number of hydrogen-bond donors (Lipinski definition) is 1. The molecule has 0 saturated heterocycles. The molecule has 0 atom stereocenters. The molecule has 0 aliphatic rings. The van der Waals surface area contributed by atoms with E-state index in [2.05, 4.69) is 31.5 Å². The molecule has 0 spiro atoms. The highest BCUT2D eigenvalue weighted by molar-refractivity contribution is 7.17. The Hall–Kier alpha value is -3.71. The van der Waals surface area contributed by atoms with Gasteiger partial charge in [-0.3, -0.25) is 4.98 Å². The number of anilines is 1. The van der Waals surface area contributed by atoms with Crippen molar-refractivity contribution in [2.45, 2.75) is 0 Å². The quantitative estimate of drug-likeness (QED) is 0.465. The van der Waals surface area contributed by atoms with Crippen LogP contribution in [0.3, 0.4) is 0 Å². The zero-order valence-corrected chi connectivity index (χ0v) is 16.4. The molecule has 0 aliphatic carbocycles. The van der Waals surface area contributed by atoms with Crippen molar-refractivity contribution >= 4 is 28.1 Å². The van der Waals surface area contributed by atoms with E-state index < -0.39 is 0 Å². The van der Waals surface area contributed by atoms with Crippen LogP contribution < -0.4 is 5.32 Å². The van der Waals surface area contributed by atoms with Crippen molar-refractivity contribution in [3.8, 4) is 32.5 Å². The number of fused-ring (bicyclic) bond motifs is 1. The summed E-state index contributed by atoms with van der Waals surface area (Å²) in [7, 11) is 1.86. The van der Waals surface area contributed by atoms with Crippen molar-refractivity contribution in [3.05, 3.63) is 73.1 Å². The van der Waals surface area contributed by atoms with Gasteiger partial charge in [0.05, 0.1) is 5.52 Å². The molecule has 5 rings (SSSR count). The number of benzene rings is 2. The summed E-state index contributed by atoms with van der Waals surface area (Å²) in [5, 5.41) is 14.6. The molecule has 140 valence electrons. The van der Waals surface area contributed by atoms with Gasteiger partial charge in [-0.05, 0) is 30.3 Å². The van der Waals surface area contributed by atoms with Crippen LogP contribution in [0.25, 0.3) is 43.4 Å². The molecule has 0 radical (unpaired) electrons. The second-order valence-corrected chi connectivity index (χ2v) is 7.38. The van der Waals surface area contributed by atoms with Crippen LogP contribution in [0.2, 0.25) is 0 Å². The molecule has 2 aromatic carbocycles. The van der Waals surface area contributed by atoms with Gasteiger partial charge in [0.25, 0.3) is 0 Å². The summed E-state index contributed by atoms with van der Waals surface area (Å²) in [4.78, 5) is 13.6. The van der Waals surface area contributed by atoms with Crippen LogP contribution >= 0.6 is 11.3 Å². The summed E-state index contributed by atoms with van der Waals surface area (Å²) in [5.41, 5.74) is 3.80. The molecule has 0 fully saturated rings. The average Bonchev–Trinajstić information content (AvgIpc) is 3.29. The first-order valence-electron chi connectivity index (χ1n) is 9.11. The molecule has 7 heteroatoms. The van der Waals surface area contributed by atoms with Gasteiger partial charge < -0.3 is 5.32 Å². The largest absolute Gasteiger partial charge is 0.373 e. The third-order valence-corrected chi connectivity index (χ3v) is 5.57. The van der Waals surface area contributed by atoms with E-state index >= 15 is 0 Å². The normalized spacial score (nSPS) is 10.9. The summed E-state index contributed by atoms with van der Waals surface area (Å²) >= 11 is 1.57. The molecule has 1 N–H and O–H groups in total. The van der Waals surface area contributed by atoms with Crippen LogP contribution in [0, 0.1) is 0 Å². The molecule has 0 saturated carbocycles. The third kappa shape index (κ3) is 3.32. The average molecular weight is 396 g/mol. The second-order valence-electron chi connectivity index (χ2n) is 6.40. The maximum Gasteiger partial charge on any atom is 0.163 e. The third-order valence-electron chi connectivity index (χ3n) is 4.54. The SMILES string of the molecule is CNc1nc(-c2cccnc2)nc2ccc(-c3nnc(-c4ccccc4)s3)cc12. The highest BCUT2D eigenvalue weighted by Gasteiger charge is 2.13. The number of hydrogen-bond acceptors (Lipinski definition) is 7. The monoisotopic (exact) mass is 396 g/mol. The predicted molar refractivity (Wildman–Crippen MR) is 117 cm³/mol. The van der Waals surface area contributed by atoms with E-state index in [1.165, 1.54) is 0 Å². The van der Waals surface area contributed by atoms with Crippen LogP contribution in [0.5, 0.6) is 0 Å². The summed E-state index contributed by atoms with van der Waals surface area (Å²) in [6.45, 7) is 0. The Morgan fingerprint density at radius 1 is 0.793 bits per heavy atom. The van der Waals surface area contributed by atoms with Crippen LogP contribution in [-0.2, 0) is 0 Å². The molecule has 0 amide bonds. The van der Waals surface area contributed by atoms with Crippen molar-refractivity contribution in [2.75, 3.05) is 12.4 Å². The van der Waals surface area contributed by atoms with E-state index in [9.17, 15) is 0 Å². The smallest absolute Gasteiger partial charge is 0.163 e. The van der Waals surface area contributed by atoms with Gasteiger partial charge in [0, 0.05) is 41.5 Å². The van der Waals surface area contributed by atoms with Crippen LogP contribution in [0.1, 0.15) is 0 Å². The maximum atomic E-state index is 4.72. The summed E-state index contributed by atoms with van der Waals surface area (Å²) in [6.07, 6.45) is 3.50. The van der Waals surface area contributed by atoms with E-state index in [1.54, 1.807) is 23.7 Å². The number of aromatic nitrogens is 5. The van der Waals surface area contributed by atoms with Gasteiger partial charge in [-0.1, -0.05) is 41.7 Å². The Morgan fingerprint density at radius 3 is 2.34 bits per heavy atom. The lowest BCUT2D eigenvalue weighted by atomic mass is 10.1. The van der Waals surface area contributed by atoms with Crippen molar-refractivity contribution in [1.29, 1.82) is 0 Å². The van der Waals surface area contributed by atoms with Gasteiger partial charge in [-0.25, -0.2) is 9.97 Å². The molecule has 0 unspecified atom stereocenters. The summed E-state index contributed by atoms with van der Waals surface area (Å²) < 4.78 is 0. The predicted octanol–water partition coefficient (Wildman–Crippen LogP) is 4.92. The van der Waals surface area contributed by atoms with Crippen molar-refractivity contribution < 1.29 is 0 Å². The minimum absolute atomic E-state index is 0.643. The Balaban J connectivity index is 1.58. The van der Waals surface area contributed by atoms with Crippen LogP contribution in [0.4, 0.5) is 5.82 Å². The molecule has 3 heterocycles. The summed E-state index contributed by atoms with van der Waals surface area (Å²) in [6, 6.07) is 20.0. The van der Waals surface area contributed by atoms with E-state index in [1.807, 2.05) is 61.6 Å². The fourth-order valence-corrected chi connectivity index (χ4v) is 3.96. The Labute approximate surface area is 171 Å². The van der Waals surface area contributed by atoms with Crippen molar-refractivity contribution in [2.24, 2.45) is 0 Å². The van der Waals surface area contributed by atoms with Crippen LogP contribution in [0.15, 0.2) is 73.1 Å². The van der Waals surface area contributed by atoms with Gasteiger partial charge >= 0.3 is 0 Å². The topological polar surface area (TPSA) is 76.5 Å². The van der Waals surface area contributed by atoms with E-state index in [0.717, 1.165) is 43.4 Å². The van der Waals surface area contributed by atoms with Gasteiger partial charge in [-0.2, -0.15) is 0 Å². The number of pyridine rings is 1. The minimum atomic E-state index is 0.643. The van der Waals surface area contributed by atoms with Crippen molar-refractivity contribution in [1.82, 2.24) is 25.1 Å². The number of rotatable bonds is 4. The molecule has 3 aromatic heterocycles. The van der Waals surface area contributed by atoms with Gasteiger partial charge in [-0.15, -0.1) is 10.2 Å². The highest BCUT2D eigenvalue weighted by Crippen LogP contribution is 2.33. The molecule has 6 nitrogen and oxygen atoms in total.